The van der Waals surface area contributed by atoms with Crippen LogP contribution in [0.25, 0.3) is 6.08 Å². The number of aliphatic hydroxyl groups excluding tert-OH is 3. The van der Waals surface area contributed by atoms with Crippen molar-refractivity contribution in [2.24, 2.45) is 17.8 Å². The van der Waals surface area contributed by atoms with E-state index in [1.807, 2.05) is 61.5 Å². The first-order chi connectivity index (χ1) is 23.4. The number of rotatable bonds is 13. The van der Waals surface area contributed by atoms with Gasteiger partial charge in [-0.05, 0) is 86.1 Å². The van der Waals surface area contributed by atoms with Gasteiger partial charge in [0.2, 0.25) is 11.8 Å². The SMILES string of the molecule is C/C(=C\c1ccc(CO)o1)CC[C@@H](O)C1=C(COc2ccccc2)C[C@H]2C(=O)N(C3CCN(Cc4ccccc4)CC3)C(=O)[C@H]2[C@H]1CO. The van der Waals surface area contributed by atoms with Crippen molar-refractivity contribution in [3.63, 3.8) is 0 Å². The highest BCUT2D eigenvalue weighted by Crippen LogP contribution is 2.47. The molecule has 0 unspecified atom stereocenters. The van der Waals surface area contributed by atoms with Crippen molar-refractivity contribution in [1.29, 1.82) is 0 Å². The molecular formula is C39H46N2O7. The van der Waals surface area contributed by atoms with Crippen LogP contribution in [0.4, 0.5) is 0 Å². The predicted molar refractivity (Wildman–Crippen MR) is 181 cm³/mol. The van der Waals surface area contributed by atoms with E-state index in [1.165, 1.54) is 10.5 Å². The van der Waals surface area contributed by atoms with Gasteiger partial charge in [0.05, 0.1) is 24.5 Å². The van der Waals surface area contributed by atoms with Crippen LogP contribution in [-0.2, 0) is 22.7 Å². The van der Waals surface area contributed by atoms with Crippen LogP contribution < -0.4 is 4.74 Å². The lowest BCUT2D eigenvalue weighted by atomic mass is 9.68. The highest BCUT2D eigenvalue weighted by atomic mass is 16.5. The first-order valence-electron chi connectivity index (χ1n) is 17.0. The standard InChI is InChI=1S/C39H46N2O7/c1-26(20-31-13-14-32(23-42)48-31)12-15-35(44)36-28(25-47-30-10-6-3-7-11-30)21-33-37(34(36)24-43)39(46)41(38(33)45)29-16-18-40(19-17-29)22-27-8-4-2-5-9-27/h2-11,13-14,20,29,33-35,37,42-44H,12,15-19,21-25H2,1H3/b26-20+/t33-,34+,35-,37-/m1/s1. The van der Waals surface area contributed by atoms with Crippen LogP contribution in [0.3, 0.4) is 0 Å². The molecule has 0 bridgehead atoms. The van der Waals surface area contributed by atoms with Crippen molar-refractivity contribution in [3.05, 3.63) is 107 Å². The molecule has 0 spiro atoms. The van der Waals surface area contributed by atoms with Gasteiger partial charge in [0, 0.05) is 31.6 Å². The fourth-order valence-corrected chi connectivity index (χ4v) is 7.73. The summed E-state index contributed by atoms with van der Waals surface area (Å²) in [6.07, 6.45) is 3.56. The van der Waals surface area contributed by atoms with Gasteiger partial charge in [0.1, 0.15) is 30.5 Å². The minimum absolute atomic E-state index is 0.153. The van der Waals surface area contributed by atoms with Crippen molar-refractivity contribution in [1.82, 2.24) is 9.80 Å². The normalized spacial score (nSPS) is 23.1. The number of ether oxygens (including phenoxy) is 1. The summed E-state index contributed by atoms with van der Waals surface area (Å²) >= 11 is 0. The molecule has 1 aliphatic carbocycles. The predicted octanol–water partition coefficient (Wildman–Crippen LogP) is 4.97. The highest BCUT2D eigenvalue weighted by molar-refractivity contribution is 6.06. The quantitative estimate of drug-likeness (QED) is 0.175. The number of allylic oxidation sites excluding steroid dienone is 1. The van der Waals surface area contributed by atoms with E-state index >= 15 is 0 Å². The van der Waals surface area contributed by atoms with Gasteiger partial charge in [-0.15, -0.1) is 0 Å². The number of aliphatic hydroxyl groups is 3. The molecule has 4 atom stereocenters. The molecule has 0 saturated carbocycles. The second-order valence-electron chi connectivity index (χ2n) is 13.3. The van der Waals surface area contributed by atoms with Gasteiger partial charge in [-0.3, -0.25) is 19.4 Å². The van der Waals surface area contributed by atoms with Crippen molar-refractivity contribution in [2.75, 3.05) is 26.3 Å². The number of hydrogen-bond acceptors (Lipinski definition) is 8. The summed E-state index contributed by atoms with van der Waals surface area (Å²) in [4.78, 5) is 32.1. The zero-order valence-electron chi connectivity index (χ0n) is 27.5. The van der Waals surface area contributed by atoms with Crippen LogP contribution in [0.2, 0.25) is 0 Å². The van der Waals surface area contributed by atoms with Gasteiger partial charge >= 0.3 is 0 Å². The molecule has 48 heavy (non-hydrogen) atoms. The van der Waals surface area contributed by atoms with Crippen LogP contribution >= 0.6 is 0 Å². The molecular weight excluding hydrogens is 608 g/mol. The summed E-state index contributed by atoms with van der Waals surface area (Å²) in [5.74, 6) is -0.630. The Hall–Kier alpha value is -4.02. The topological polar surface area (TPSA) is 124 Å². The van der Waals surface area contributed by atoms with E-state index < -0.39 is 23.9 Å². The maximum atomic E-state index is 14.1. The van der Waals surface area contributed by atoms with Gasteiger partial charge < -0.3 is 24.5 Å². The minimum Gasteiger partial charge on any atom is -0.489 e. The van der Waals surface area contributed by atoms with Crippen molar-refractivity contribution in [3.8, 4) is 5.75 Å². The molecule has 9 heteroatoms. The maximum absolute atomic E-state index is 14.1. The summed E-state index contributed by atoms with van der Waals surface area (Å²) in [5.41, 5.74) is 3.60. The molecule has 6 rings (SSSR count). The van der Waals surface area contributed by atoms with Gasteiger partial charge in [0.15, 0.2) is 0 Å². The first-order valence-corrected chi connectivity index (χ1v) is 17.0. The van der Waals surface area contributed by atoms with Gasteiger partial charge in [0.25, 0.3) is 0 Å². The van der Waals surface area contributed by atoms with Crippen molar-refractivity contribution >= 4 is 17.9 Å². The lowest BCUT2D eigenvalue weighted by Gasteiger charge is -2.37. The largest absolute Gasteiger partial charge is 0.489 e. The second-order valence-corrected chi connectivity index (χ2v) is 13.3. The maximum Gasteiger partial charge on any atom is 0.234 e. The smallest absolute Gasteiger partial charge is 0.234 e. The lowest BCUT2D eigenvalue weighted by Crippen LogP contribution is -2.47. The van der Waals surface area contributed by atoms with Gasteiger partial charge in [-0.25, -0.2) is 0 Å². The van der Waals surface area contributed by atoms with E-state index in [4.69, 9.17) is 9.15 Å². The molecule has 1 aromatic heterocycles. The van der Waals surface area contributed by atoms with Crippen molar-refractivity contribution in [2.45, 2.75) is 64.3 Å². The Kier molecular flexibility index (Phi) is 10.9. The van der Waals surface area contributed by atoms with E-state index in [-0.39, 0.29) is 37.7 Å². The van der Waals surface area contributed by atoms with Gasteiger partial charge in [-0.1, -0.05) is 54.1 Å². The summed E-state index contributed by atoms with van der Waals surface area (Å²) < 4.78 is 11.7. The average Bonchev–Trinajstić information content (AvgIpc) is 3.67. The minimum atomic E-state index is -0.941. The number of nitrogens with zero attached hydrogens (tertiary/aromatic N) is 2. The Balaban J connectivity index is 1.19. The zero-order valence-corrected chi connectivity index (χ0v) is 27.5. The highest BCUT2D eigenvalue weighted by Gasteiger charge is 2.56. The summed E-state index contributed by atoms with van der Waals surface area (Å²) in [7, 11) is 0. The van der Waals surface area contributed by atoms with E-state index in [1.54, 1.807) is 12.1 Å². The van der Waals surface area contributed by atoms with E-state index in [0.717, 1.165) is 30.8 Å². The Morgan fingerprint density at radius 1 is 0.979 bits per heavy atom. The molecule has 2 aliphatic heterocycles. The number of imide groups is 1. The first kappa shape index (κ1) is 33.9. The van der Waals surface area contributed by atoms with Crippen LogP contribution in [-0.4, -0.2) is 75.4 Å². The number of fused-ring (bicyclic) bond motifs is 1. The van der Waals surface area contributed by atoms with Crippen LogP contribution in [0, 0.1) is 17.8 Å². The number of carbonyl (C=O) groups is 2. The molecule has 0 radical (unpaired) electrons. The van der Waals surface area contributed by atoms with Crippen LogP contribution in [0.1, 0.15) is 56.1 Å². The van der Waals surface area contributed by atoms with Crippen LogP contribution in [0.5, 0.6) is 5.75 Å². The third-order valence-corrected chi connectivity index (χ3v) is 10.1. The number of piperidine rings is 1. The number of amides is 2. The molecule has 2 amide bonds. The Labute approximate surface area is 282 Å². The third kappa shape index (κ3) is 7.50. The summed E-state index contributed by atoms with van der Waals surface area (Å²) in [6, 6.07) is 23.0. The molecule has 2 fully saturated rings. The van der Waals surface area contributed by atoms with E-state index in [2.05, 4.69) is 17.0 Å². The number of benzene rings is 2. The molecule has 2 saturated heterocycles. The van der Waals surface area contributed by atoms with Crippen LogP contribution in [0.15, 0.2) is 93.9 Å². The van der Waals surface area contributed by atoms with Crippen molar-refractivity contribution < 1.29 is 34.1 Å². The fourth-order valence-electron chi connectivity index (χ4n) is 7.73. The molecule has 3 aliphatic rings. The third-order valence-electron chi connectivity index (χ3n) is 10.1. The lowest BCUT2D eigenvalue weighted by molar-refractivity contribution is -0.144. The second kappa shape index (κ2) is 15.5. The summed E-state index contributed by atoms with van der Waals surface area (Å²) in [6.45, 7) is 3.99. The Morgan fingerprint density at radius 3 is 2.35 bits per heavy atom. The molecule has 9 nitrogen and oxygen atoms in total. The number of carbonyl (C=O) groups excluding carboxylic acids is 2. The van der Waals surface area contributed by atoms with E-state index in [0.29, 0.717) is 54.9 Å². The Bertz CT molecular complexity index is 1610. The fraction of sp³-hybridized carbons (Fsp3) is 0.436. The monoisotopic (exact) mass is 654 g/mol. The molecule has 3 aromatic rings. The number of likely N-dealkylation sites (tertiary alicyclic amines) is 2. The molecule has 2 aromatic carbocycles. The molecule has 254 valence electrons. The summed E-state index contributed by atoms with van der Waals surface area (Å²) in [5, 5.41) is 31.8. The number of furan rings is 1. The number of para-hydroxylation sites is 1. The Morgan fingerprint density at radius 2 is 1.69 bits per heavy atom. The van der Waals surface area contributed by atoms with E-state index in [9.17, 15) is 24.9 Å². The number of hydrogen-bond donors (Lipinski definition) is 3. The average molecular weight is 655 g/mol. The zero-order chi connectivity index (χ0) is 33.6. The molecule has 3 heterocycles. The van der Waals surface area contributed by atoms with Gasteiger partial charge in [-0.2, -0.15) is 0 Å². The molecule has 3 N–H and O–H groups in total.